The number of carbonyl (C=O) groups is 1. The molecule has 4 nitrogen and oxygen atoms in total. The smallest absolute Gasteiger partial charge is 0.305 e. The van der Waals surface area contributed by atoms with Crippen molar-refractivity contribution in [2.45, 2.75) is 13.3 Å². The second-order valence-electron chi connectivity index (χ2n) is 2.85. The van der Waals surface area contributed by atoms with Crippen LogP contribution in [0.4, 0.5) is 0 Å². The molecule has 80 valence electrons. The number of hydrogen-bond donors (Lipinski definition) is 1. The molecule has 0 bridgehead atoms. The summed E-state index contributed by atoms with van der Waals surface area (Å²) in [5.74, 6) is -0.157. The van der Waals surface area contributed by atoms with Crippen LogP contribution in [0.3, 0.4) is 0 Å². The summed E-state index contributed by atoms with van der Waals surface area (Å²) in [5.41, 5.74) is 2.12. The Morgan fingerprint density at radius 1 is 1.47 bits per heavy atom. The van der Waals surface area contributed by atoms with E-state index in [4.69, 9.17) is 0 Å². The highest BCUT2D eigenvalue weighted by Crippen LogP contribution is 2.05. The van der Waals surface area contributed by atoms with E-state index in [1.54, 1.807) is 13.3 Å². The van der Waals surface area contributed by atoms with Crippen LogP contribution < -0.4 is 0 Å². The van der Waals surface area contributed by atoms with E-state index in [9.17, 15) is 4.79 Å². The lowest BCUT2D eigenvalue weighted by Crippen LogP contribution is -1.94. The number of carbonyl (C=O) groups excluding carboxylic acids is 1. The molecule has 2 aromatic rings. The first kappa shape index (κ1) is 11.2. The number of H-pyrrole nitrogens is 1. The van der Waals surface area contributed by atoms with Gasteiger partial charge in [-0.15, -0.1) is 0 Å². The first-order valence-corrected chi connectivity index (χ1v) is 4.72. The summed E-state index contributed by atoms with van der Waals surface area (Å²) in [6.45, 7) is 1.76. The average Bonchev–Trinajstić information content (AvgIpc) is 2.76. The maximum Gasteiger partial charge on any atom is 0.305 e. The zero-order valence-electron chi connectivity index (χ0n) is 8.86. The lowest BCUT2D eigenvalue weighted by Gasteiger charge is -1.87. The van der Waals surface area contributed by atoms with Crippen LogP contribution in [0, 0.1) is 0 Å². The third kappa shape index (κ3) is 3.42. The van der Waals surface area contributed by atoms with Crippen LogP contribution in [0.25, 0.3) is 11.0 Å². The maximum absolute atomic E-state index is 9.96. The van der Waals surface area contributed by atoms with Gasteiger partial charge in [0, 0.05) is 6.42 Å². The number of fused-ring (bicyclic) bond motifs is 1. The largest absolute Gasteiger partial charge is 0.469 e. The summed E-state index contributed by atoms with van der Waals surface area (Å²) in [4.78, 5) is 17.0. The number of hydrogen-bond acceptors (Lipinski definition) is 3. The van der Waals surface area contributed by atoms with E-state index in [0.717, 1.165) is 11.0 Å². The van der Waals surface area contributed by atoms with Crippen LogP contribution in [-0.4, -0.2) is 23.0 Å². The summed E-state index contributed by atoms with van der Waals surface area (Å²) < 4.78 is 4.26. The standard InChI is InChI=1S/C7H6N2.C4H8O2/c1-2-4-7-6(3-1)8-5-9-7;1-3-4(5)6-2/h1-5H,(H,8,9);3H2,1-2H3. The molecule has 2 rings (SSSR count). The van der Waals surface area contributed by atoms with Crippen molar-refractivity contribution in [3.05, 3.63) is 30.6 Å². The van der Waals surface area contributed by atoms with Gasteiger partial charge in [0.1, 0.15) is 0 Å². The summed E-state index contributed by atoms with van der Waals surface area (Å²) in [6.07, 6.45) is 2.17. The number of para-hydroxylation sites is 2. The van der Waals surface area contributed by atoms with Crippen molar-refractivity contribution in [1.82, 2.24) is 9.97 Å². The second kappa shape index (κ2) is 5.80. The summed E-state index contributed by atoms with van der Waals surface area (Å²) in [5, 5.41) is 0. The van der Waals surface area contributed by atoms with Gasteiger partial charge in [0.05, 0.1) is 24.5 Å². The molecule has 0 aliphatic heterocycles. The molecular formula is C11H14N2O2. The molecule has 0 unspecified atom stereocenters. The van der Waals surface area contributed by atoms with Crippen molar-refractivity contribution < 1.29 is 9.53 Å². The molecular weight excluding hydrogens is 192 g/mol. The maximum atomic E-state index is 9.96. The highest BCUT2D eigenvalue weighted by molar-refractivity contribution is 5.73. The fraction of sp³-hybridized carbons (Fsp3) is 0.273. The van der Waals surface area contributed by atoms with Crippen LogP contribution in [0.2, 0.25) is 0 Å². The van der Waals surface area contributed by atoms with E-state index in [0.29, 0.717) is 6.42 Å². The van der Waals surface area contributed by atoms with Gasteiger partial charge in [0.2, 0.25) is 0 Å². The molecule has 1 heterocycles. The highest BCUT2D eigenvalue weighted by atomic mass is 16.5. The molecule has 0 aliphatic rings. The Labute approximate surface area is 88.3 Å². The SMILES string of the molecule is CCC(=O)OC.c1ccc2[nH]cnc2c1. The zero-order chi connectivity index (χ0) is 11.1. The normalized spacial score (nSPS) is 9.20. The minimum absolute atomic E-state index is 0.157. The Hall–Kier alpha value is -1.84. The van der Waals surface area contributed by atoms with Crippen molar-refractivity contribution >= 4 is 17.0 Å². The van der Waals surface area contributed by atoms with Crippen LogP contribution in [0.15, 0.2) is 30.6 Å². The van der Waals surface area contributed by atoms with Gasteiger partial charge in [0.15, 0.2) is 0 Å². The number of nitrogens with zero attached hydrogens (tertiary/aromatic N) is 1. The molecule has 0 atom stereocenters. The summed E-state index contributed by atoms with van der Waals surface area (Å²) in [6, 6.07) is 7.94. The number of esters is 1. The second-order valence-corrected chi connectivity index (χ2v) is 2.85. The quantitative estimate of drug-likeness (QED) is 0.727. The molecule has 1 aromatic carbocycles. The van der Waals surface area contributed by atoms with E-state index in [1.165, 1.54) is 7.11 Å². The number of methoxy groups -OCH3 is 1. The number of ether oxygens (including phenoxy) is 1. The van der Waals surface area contributed by atoms with Gasteiger partial charge in [-0.05, 0) is 12.1 Å². The third-order valence-electron chi connectivity index (χ3n) is 1.84. The molecule has 0 saturated carbocycles. The number of benzene rings is 1. The van der Waals surface area contributed by atoms with Gasteiger partial charge in [0.25, 0.3) is 0 Å². The molecule has 0 fully saturated rings. The van der Waals surface area contributed by atoms with E-state index < -0.39 is 0 Å². The zero-order valence-corrected chi connectivity index (χ0v) is 8.86. The van der Waals surface area contributed by atoms with E-state index in [2.05, 4.69) is 14.7 Å². The van der Waals surface area contributed by atoms with Crippen LogP contribution in [0.1, 0.15) is 13.3 Å². The Bertz CT molecular complexity index is 387. The molecule has 0 amide bonds. The minimum Gasteiger partial charge on any atom is -0.469 e. The Kier molecular flexibility index (Phi) is 4.34. The molecule has 0 aliphatic carbocycles. The Balaban J connectivity index is 0.000000167. The summed E-state index contributed by atoms with van der Waals surface area (Å²) >= 11 is 0. The predicted molar refractivity (Wildman–Crippen MR) is 58.4 cm³/mol. The molecule has 1 N–H and O–H groups in total. The molecule has 0 saturated heterocycles. The van der Waals surface area contributed by atoms with Gasteiger partial charge in [-0.2, -0.15) is 0 Å². The average molecular weight is 206 g/mol. The van der Waals surface area contributed by atoms with Gasteiger partial charge in [-0.25, -0.2) is 4.98 Å². The first-order valence-electron chi connectivity index (χ1n) is 4.72. The number of rotatable bonds is 1. The topological polar surface area (TPSA) is 55.0 Å². The molecule has 0 radical (unpaired) electrons. The van der Waals surface area contributed by atoms with Gasteiger partial charge < -0.3 is 9.72 Å². The monoisotopic (exact) mass is 206 g/mol. The first-order chi connectivity index (χ1) is 7.27. The van der Waals surface area contributed by atoms with Crippen molar-refractivity contribution in [1.29, 1.82) is 0 Å². The van der Waals surface area contributed by atoms with Gasteiger partial charge in [-0.3, -0.25) is 4.79 Å². The van der Waals surface area contributed by atoms with Crippen molar-refractivity contribution in [3.63, 3.8) is 0 Å². The Morgan fingerprint density at radius 3 is 2.73 bits per heavy atom. The van der Waals surface area contributed by atoms with E-state index in [-0.39, 0.29) is 5.97 Å². The molecule has 4 heteroatoms. The van der Waals surface area contributed by atoms with E-state index >= 15 is 0 Å². The number of aromatic amines is 1. The number of imidazole rings is 1. The van der Waals surface area contributed by atoms with Crippen LogP contribution in [-0.2, 0) is 9.53 Å². The van der Waals surface area contributed by atoms with Crippen molar-refractivity contribution in [2.24, 2.45) is 0 Å². The van der Waals surface area contributed by atoms with E-state index in [1.807, 2.05) is 24.3 Å². The number of aromatic nitrogens is 2. The molecule has 15 heavy (non-hydrogen) atoms. The van der Waals surface area contributed by atoms with Gasteiger partial charge in [-0.1, -0.05) is 19.1 Å². The third-order valence-corrected chi connectivity index (χ3v) is 1.84. The Morgan fingerprint density at radius 2 is 2.20 bits per heavy atom. The molecule has 0 spiro atoms. The number of nitrogens with one attached hydrogen (secondary N) is 1. The summed E-state index contributed by atoms with van der Waals surface area (Å²) in [7, 11) is 1.38. The van der Waals surface area contributed by atoms with Crippen molar-refractivity contribution in [3.8, 4) is 0 Å². The molecule has 1 aromatic heterocycles. The fourth-order valence-corrected chi connectivity index (χ4v) is 1.02. The highest BCUT2D eigenvalue weighted by Gasteiger charge is 1.88. The van der Waals surface area contributed by atoms with Gasteiger partial charge >= 0.3 is 5.97 Å². The van der Waals surface area contributed by atoms with Crippen molar-refractivity contribution in [2.75, 3.05) is 7.11 Å². The fourth-order valence-electron chi connectivity index (χ4n) is 1.02. The lowest BCUT2D eigenvalue weighted by molar-refractivity contribution is -0.140. The van der Waals surface area contributed by atoms with Crippen LogP contribution in [0.5, 0.6) is 0 Å². The lowest BCUT2D eigenvalue weighted by atomic mass is 10.3. The van der Waals surface area contributed by atoms with Crippen LogP contribution >= 0.6 is 0 Å². The minimum atomic E-state index is -0.157. The predicted octanol–water partition coefficient (Wildman–Crippen LogP) is 2.13.